The second-order valence-corrected chi connectivity index (χ2v) is 3.48. The van der Waals surface area contributed by atoms with Gasteiger partial charge in [0.05, 0.1) is 0 Å². The molecule has 0 fully saturated rings. The van der Waals surface area contributed by atoms with Crippen LogP contribution < -0.4 is 5.32 Å². The van der Waals surface area contributed by atoms with Crippen LogP contribution in [0.3, 0.4) is 0 Å². The molecule has 1 rings (SSSR count). The van der Waals surface area contributed by atoms with Crippen molar-refractivity contribution >= 4 is 0 Å². The van der Waals surface area contributed by atoms with Gasteiger partial charge in [-0.1, -0.05) is 0 Å². The second kappa shape index (κ2) is 6.23. The summed E-state index contributed by atoms with van der Waals surface area (Å²) in [6.45, 7) is 2.52. The summed E-state index contributed by atoms with van der Waals surface area (Å²) in [6, 6.07) is 4.05. The molecule has 0 aliphatic rings. The summed E-state index contributed by atoms with van der Waals surface area (Å²) in [7, 11) is 3.59. The highest BCUT2D eigenvalue weighted by molar-refractivity contribution is 5.28. The minimum Gasteiger partial charge on any atom is -0.385 e. The first-order chi connectivity index (χ1) is 7.27. The van der Waals surface area contributed by atoms with E-state index in [0.29, 0.717) is 5.69 Å². The highest BCUT2D eigenvalue weighted by Gasteiger charge is 2.00. The van der Waals surface area contributed by atoms with Crippen LogP contribution in [-0.4, -0.2) is 24.8 Å². The lowest BCUT2D eigenvalue weighted by Crippen LogP contribution is -2.15. The Balaban J connectivity index is 2.29. The van der Waals surface area contributed by atoms with Gasteiger partial charge in [-0.3, -0.25) is 0 Å². The van der Waals surface area contributed by atoms with E-state index in [0.717, 1.165) is 31.7 Å². The molecule has 0 aromatic carbocycles. The summed E-state index contributed by atoms with van der Waals surface area (Å²) in [6.07, 6.45) is 2.98. The van der Waals surface area contributed by atoms with Crippen LogP contribution in [0, 0.1) is 11.3 Å². The summed E-state index contributed by atoms with van der Waals surface area (Å²) in [5.41, 5.74) is 1.84. The van der Waals surface area contributed by atoms with Crippen molar-refractivity contribution in [2.75, 3.05) is 20.3 Å². The molecule has 1 aromatic rings. The van der Waals surface area contributed by atoms with Gasteiger partial charge in [-0.15, -0.1) is 0 Å². The van der Waals surface area contributed by atoms with Crippen molar-refractivity contribution in [3.63, 3.8) is 0 Å². The van der Waals surface area contributed by atoms with Gasteiger partial charge in [0.2, 0.25) is 0 Å². The lowest BCUT2D eigenvalue weighted by atomic mass is 10.3. The summed E-state index contributed by atoms with van der Waals surface area (Å²) in [4.78, 5) is 0. The standard InChI is InChI=1S/C11H17N3O/c1-14-9-10(6-11(14)7-12)8-13-4-3-5-15-2/h6,9,13H,3-5,8H2,1-2H3. The fourth-order valence-electron chi connectivity index (χ4n) is 1.42. The highest BCUT2D eigenvalue weighted by Crippen LogP contribution is 2.05. The largest absolute Gasteiger partial charge is 0.385 e. The fraction of sp³-hybridized carbons (Fsp3) is 0.545. The molecular formula is C11H17N3O. The van der Waals surface area contributed by atoms with Crippen LogP contribution in [-0.2, 0) is 18.3 Å². The van der Waals surface area contributed by atoms with Crippen molar-refractivity contribution in [1.29, 1.82) is 5.26 Å². The molecule has 0 saturated heterocycles. The summed E-state index contributed by atoms with van der Waals surface area (Å²) < 4.78 is 6.79. The van der Waals surface area contributed by atoms with Gasteiger partial charge in [0, 0.05) is 33.5 Å². The Bertz CT molecular complexity index is 338. The van der Waals surface area contributed by atoms with Crippen molar-refractivity contribution in [1.82, 2.24) is 9.88 Å². The molecule has 0 aliphatic heterocycles. The minimum absolute atomic E-state index is 0.698. The zero-order chi connectivity index (χ0) is 11.1. The Morgan fingerprint density at radius 3 is 3.00 bits per heavy atom. The van der Waals surface area contributed by atoms with Gasteiger partial charge in [0.15, 0.2) is 0 Å². The Labute approximate surface area is 90.5 Å². The number of hydrogen-bond donors (Lipinski definition) is 1. The van der Waals surface area contributed by atoms with E-state index in [1.54, 1.807) is 7.11 Å². The van der Waals surface area contributed by atoms with Gasteiger partial charge in [-0.05, 0) is 24.6 Å². The van der Waals surface area contributed by atoms with Crippen molar-refractivity contribution in [2.45, 2.75) is 13.0 Å². The first-order valence-electron chi connectivity index (χ1n) is 5.03. The van der Waals surface area contributed by atoms with Gasteiger partial charge in [-0.2, -0.15) is 5.26 Å². The van der Waals surface area contributed by atoms with Gasteiger partial charge in [-0.25, -0.2) is 0 Å². The average Bonchev–Trinajstić information content (AvgIpc) is 2.59. The first kappa shape index (κ1) is 11.8. The van der Waals surface area contributed by atoms with E-state index < -0.39 is 0 Å². The predicted octanol–water partition coefficient (Wildman–Crippen LogP) is 1.02. The normalized spacial score (nSPS) is 10.2. The third-order valence-electron chi connectivity index (χ3n) is 2.21. The third-order valence-corrected chi connectivity index (χ3v) is 2.21. The summed E-state index contributed by atoms with van der Waals surface area (Å²) >= 11 is 0. The zero-order valence-corrected chi connectivity index (χ0v) is 9.29. The van der Waals surface area contributed by atoms with E-state index in [9.17, 15) is 0 Å². The zero-order valence-electron chi connectivity index (χ0n) is 9.29. The molecule has 1 N–H and O–H groups in total. The monoisotopic (exact) mass is 207 g/mol. The van der Waals surface area contributed by atoms with Gasteiger partial charge in [0.1, 0.15) is 11.8 Å². The maximum Gasteiger partial charge on any atom is 0.120 e. The fourth-order valence-corrected chi connectivity index (χ4v) is 1.42. The molecule has 1 heterocycles. The maximum absolute atomic E-state index is 8.77. The highest BCUT2D eigenvalue weighted by atomic mass is 16.5. The maximum atomic E-state index is 8.77. The molecule has 0 radical (unpaired) electrons. The Morgan fingerprint density at radius 1 is 1.60 bits per heavy atom. The van der Waals surface area contributed by atoms with E-state index in [1.807, 2.05) is 23.9 Å². The number of nitrogens with zero attached hydrogens (tertiary/aromatic N) is 2. The number of rotatable bonds is 6. The lowest BCUT2D eigenvalue weighted by molar-refractivity contribution is 0.194. The molecule has 0 atom stereocenters. The van der Waals surface area contributed by atoms with Crippen molar-refractivity contribution in [3.05, 3.63) is 23.5 Å². The number of ether oxygens (including phenoxy) is 1. The van der Waals surface area contributed by atoms with E-state index in [1.165, 1.54) is 0 Å². The number of hydrogen-bond acceptors (Lipinski definition) is 3. The van der Waals surface area contributed by atoms with E-state index in [-0.39, 0.29) is 0 Å². The topological polar surface area (TPSA) is 50.0 Å². The molecule has 0 spiro atoms. The smallest absolute Gasteiger partial charge is 0.120 e. The molecule has 82 valence electrons. The molecule has 4 nitrogen and oxygen atoms in total. The molecule has 1 aromatic heterocycles. The molecule has 0 unspecified atom stereocenters. The molecule has 0 bridgehead atoms. The van der Waals surface area contributed by atoms with Crippen LogP contribution in [0.1, 0.15) is 17.7 Å². The van der Waals surface area contributed by atoms with Gasteiger partial charge < -0.3 is 14.6 Å². The second-order valence-electron chi connectivity index (χ2n) is 3.48. The van der Waals surface area contributed by atoms with Crippen LogP contribution in [0.5, 0.6) is 0 Å². The SMILES string of the molecule is COCCCNCc1cc(C#N)n(C)c1. The van der Waals surface area contributed by atoms with E-state index in [2.05, 4.69) is 11.4 Å². The van der Waals surface area contributed by atoms with Crippen LogP contribution >= 0.6 is 0 Å². The summed E-state index contributed by atoms with van der Waals surface area (Å²) in [5, 5.41) is 12.1. The van der Waals surface area contributed by atoms with Crippen molar-refractivity contribution in [2.24, 2.45) is 7.05 Å². The average molecular weight is 207 g/mol. The molecule has 15 heavy (non-hydrogen) atoms. The molecule has 0 saturated carbocycles. The van der Waals surface area contributed by atoms with Gasteiger partial charge in [0.25, 0.3) is 0 Å². The Morgan fingerprint density at radius 2 is 2.40 bits per heavy atom. The Kier molecular flexibility index (Phi) is 4.88. The molecular weight excluding hydrogens is 190 g/mol. The van der Waals surface area contributed by atoms with Crippen molar-refractivity contribution in [3.8, 4) is 6.07 Å². The quantitative estimate of drug-likeness (QED) is 0.709. The van der Waals surface area contributed by atoms with Crippen LogP contribution in [0.2, 0.25) is 0 Å². The molecule has 4 heteroatoms. The number of aromatic nitrogens is 1. The minimum atomic E-state index is 0.698. The number of methoxy groups -OCH3 is 1. The number of nitriles is 1. The first-order valence-corrected chi connectivity index (χ1v) is 5.03. The van der Waals surface area contributed by atoms with E-state index in [4.69, 9.17) is 10.00 Å². The van der Waals surface area contributed by atoms with Crippen LogP contribution in [0.15, 0.2) is 12.3 Å². The lowest BCUT2D eigenvalue weighted by Gasteiger charge is -2.01. The number of aryl methyl sites for hydroxylation is 1. The van der Waals surface area contributed by atoms with Crippen LogP contribution in [0.25, 0.3) is 0 Å². The van der Waals surface area contributed by atoms with E-state index >= 15 is 0 Å². The third kappa shape index (κ3) is 3.74. The molecule has 0 aliphatic carbocycles. The van der Waals surface area contributed by atoms with Crippen molar-refractivity contribution < 1.29 is 4.74 Å². The van der Waals surface area contributed by atoms with Gasteiger partial charge >= 0.3 is 0 Å². The number of nitrogens with one attached hydrogen (secondary N) is 1. The van der Waals surface area contributed by atoms with Crippen LogP contribution in [0.4, 0.5) is 0 Å². The Hall–Kier alpha value is -1.31. The molecule has 0 amide bonds. The predicted molar refractivity (Wildman–Crippen MR) is 58.3 cm³/mol. The summed E-state index contributed by atoms with van der Waals surface area (Å²) in [5.74, 6) is 0.